The van der Waals surface area contributed by atoms with Gasteiger partial charge in [-0.1, -0.05) is 23.2 Å². The Kier molecular flexibility index (Phi) is 6.59. The molecule has 152 valence electrons. The maximum Gasteiger partial charge on any atom is 0.359 e. The number of hydrogen-bond acceptors (Lipinski definition) is 8. The fraction of sp³-hybridized carbons (Fsp3) is 0.188. The zero-order valence-electron chi connectivity index (χ0n) is 15.4. The number of nitrogens with one attached hydrogen (secondary N) is 4. The summed E-state index contributed by atoms with van der Waals surface area (Å²) in [4.78, 5) is 19.6. The van der Waals surface area contributed by atoms with E-state index in [1.807, 2.05) is 0 Å². The minimum atomic E-state index is -0.521. The number of esters is 1. The minimum Gasteiger partial charge on any atom is -0.464 e. The Morgan fingerprint density at radius 2 is 1.66 bits per heavy atom. The van der Waals surface area contributed by atoms with Crippen LogP contribution in [0.15, 0.2) is 12.1 Å². The van der Waals surface area contributed by atoms with Crippen LogP contribution in [0, 0.1) is 3.70 Å². The van der Waals surface area contributed by atoms with Gasteiger partial charge in [-0.15, -0.1) is 0 Å². The van der Waals surface area contributed by atoms with E-state index in [0.717, 1.165) is 20.4 Å². The maximum atomic E-state index is 11.4. The Morgan fingerprint density at radius 1 is 1.03 bits per heavy atom. The van der Waals surface area contributed by atoms with Crippen LogP contribution in [-0.2, 0) is 4.74 Å². The fourth-order valence-electron chi connectivity index (χ4n) is 2.59. The predicted octanol–water partition coefficient (Wildman–Crippen LogP) is 3.70. The van der Waals surface area contributed by atoms with Crippen LogP contribution in [0.1, 0.15) is 10.5 Å². The molecule has 4 aromatic heterocycles. The average Bonchev–Trinajstić information content (AvgIpc) is 3.30. The number of pyridine rings is 2. The number of aromatic nitrogens is 6. The topological polar surface area (TPSA) is 134 Å². The van der Waals surface area contributed by atoms with Crippen molar-refractivity contribution in [3.63, 3.8) is 0 Å². The van der Waals surface area contributed by atoms with Crippen molar-refractivity contribution in [2.75, 3.05) is 31.8 Å². The van der Waals surface area contributed by atoms with E-state index in [1.165, 1.54) is 7.11 Å². The summed E-state index contributed by atoms with van der Waals surface area (Å²) >= 11 is 13.8. The van der Waals surface area contributed by atoms with Crippen molar-refractivity contribution in [3.8, 4) is 0 Å². The SMILES string of the molecule is CNc1nc(Cl)cc2[nH]nc(C(=O)OC)c12.CNc1nc(Cl)cc2n[nH]c(I)c12. The molecule has 0 aliphatic heterocycles. The van der Waals surface area contributed by atoms with Gasteiger partial charge in [0, 0.05) is 26.2 Å². The Morgan fingerprint density at radius 3 is 2.28 bits per heavy atom. The molecule has 10 nitrogen and oxygen atoms in total. The maximum absolute atomic E-state index is 11.4. The van der Waals surface area contributed by atoms with Gasteiger partial charge in [0.05, 0.1) is 28.9 Å². The number of nitrogens with zero attached hydrogens (tertiary/aromatic N) is 4. The highest BCUT2D eigenvalue weighted by Gasteiger charge is 2.18. The fourth-order valence-corrected chi connectivity index (χ4v) is 3.62. The van der Waals surface area contributed by atoms with Crippen molar-refractivity contribution < 1.29 is 9.53 Å². The first kappa shape index (κ1) is 21.3. The van der Waals surface area contributed by atoms with Gasteiger partial charge in [-0.05, 0) is 22.6 Å². The molecular weight excluding hydrogens is 534 g/mol. The van der Waals surface area contributed by atoms with Crippen LogP contribution < -0.4 is 10.6 Å². The van der Waals surface area contributed by atoms with Crippen LogP contribution in [0.2, 0.25) is 10.3 Å². The van der Waals surface area contributed by atoms with Crippen molar-refractivity contribution >= 4 is 85.2 Å². The largest absolute Gasteiger partial charge is 0.464 e. The number of ether oxygens (including phenoxy) is 1. The zero-order chi connectivity index (χ0) is 21.1. The highest BCUT2D eigenvalue weighted by molar-refractivity contribution is 14.1. The van der Waals surface area contributed by atoms with Crippen LogP contribution in [0.3, 0.4) is 0 Å². The van der Waals surface area contributed by atoms with Gasteiger partial charge in [0.25, 0.3) is 0 Å². The average molecular weight is 549 g/mol. The third-order valence-corrected chi connectivity index (χ3v) is 4.99. The number of anilines is 2. The second kappa shape index (κ2) is 8.97. The highest BCUT2D eigenvalue weighted by atomic mass is 127. The van der Waals surface area contributed by atoms with E-state index in [0.29, 0.717) is 27.0 Å². The first-order chi connectivity index (χ1) is 13.9. The molecule has 0 saturated heterocycles. The molecule has 0 atom stereocenters. The van der Waals surface area contributed by atoms with Crippen LogP contribution >= 0.6 is 45.8 Å². The zero-order valence-corrected chi connectivity index (χ0v) is 19.1. The summed E-state index contributed by atoms with van der Waals surface area (Å²) in [7, 11) is 4.79. The number of aromatic amines is 2. The van der Waals surface area contributed by atoms with Gasteiger partial charge in [-0.2, -0.15) is 10.2 Å². The van der Waals surface area contributed by atoms with Gasteiger partial charge < -0.3 is 15.4 Å². The second-order valence-electron chi connectivity index (χ2n) is 5.51. The lowest BCUT2D eigenvalue weighted by atomic mass is 10.2. The summed E-state index contributed by atoms with van der Waals surface area (Å²) in [5, 5.41) is 21.7. The molecule has 4 N–H and O–H groups in total. The van der Waals surface area contributed by atoms with Crippen molar-refractivity contribution in [3.05, 3.63) is 31.8 Å². The summed E-state index contributed by atoms with van der Waals surface area (Å²) in [6.45, 7) is 0. The molecule has 4 rings (SSSR count). The number of rotatable bonds is 3. The van der Waals surface area contributed by atoms with Crippen LogP contribution in [0.25, 0.3) is 21.8 Å². The molecule has 4 heterocycles. The van der Waals surface area contributed by atoms with Crippen LogP contribution in [0.5, 0.6) is 0 Å². The van der Waals surface area contributed by atoms with E-state index in [4.69, 9.17) is 23.2 Å². The summed E-state index contributed by atoms with van der Waals surface area (Å²) in [5.41, 5.74) is 1.64. The summed E-state index contributed by atoms with van der Waals surface area (Å²) in [5.74, 6) is 0.712. The lowest BCUT2D eigenvalue weighted by Gasteiger charge is -2.02. The quantitative estimate of drug-likeness (QED) is 0.173. The molecule has 0 aromatic carbocycles. The molecule has 0 bridgehead atoms. The van der Waals surface area contributed by atoms with Gasteiger partial charge >= 0.3 is 5.97 Å². The standard InChI is InChI=1S/C9H9ClN4O2.C7H6ClIN4/c1-11-8-6-4(3-5(10)12-8)13-14-7(6)9(15)16-2;1-10-7-5-3(2-4(8)11-7)12-13-6(5)9/h3H,1-2H3,(H,11,12)(H,13,14);2H,1H3,(H,10,11)(H,12,13). The predicted molar refractivity (Wildman–Crippen MR) is 121 cm³/mol. The molecule has 29 heavy (non-hydrogen) atoms. The van der Waals surface area contributed by atoms with Crippen molar-refractivity contribution in [1.82, 2.24) is 30.4 Å². The first-order valence-corrected chi connectivity index (χ1v) is 9.91. The van der Waals surface area contributed by atoms with Gasteiger partial charge in [0.1, 0.15) is 25.6 Å². The number of hydrogen-bond donors (Lipinski definition) is 4. The Balaban J connectivity index is 0.000000169. The lowest BCUT2D eigenvalue weighted by Crippen LogP contribution is -2.04. The number of carbonyl (C=O) groups excluding carboxylic acids is 1. The molecule has 0 saturated carbocycles. The van der Waals surface area contributed by atoms with E-state index in [9.17, 15) is 4.79 Å². The molecule has 0 unspecified atom stereocenters. The van der Waals surface area contributed by atoms with Crippen LogP contribution in [0.4, 0.5) is 11.6 Å². The smallest absolute Gasteiger partial charge is 0.359 e. The van der Waals surface area contributed by atoms with E-state index in [1.54, 1.807) is 26.2 Å². The number of fused-ring (bicyclic) bond motifs is 2. The summed E-state index contributed by atoms with van der Waals surface area (Å²) < 4.78 is 5.58. The highest BCUT2D eigenvalue weighted by Crippen LogP contribution is 2.27. The molecule has 13 heteroatoms. The van der Waals surface area contributed by atoms with Gasteiger partial charge in [0.2, 0.25) is 0 Å². The van der Waals surface area contributed by atoms with Crippen molar-refractivity contribution in [1.29, 1.82) is 0 Å². The van der Waals surface area contributed by atoms with Crippen molar-refractivity contribution in [2.45, 2.75) is 0 Å². The van der Waals surface area contributed by atoms with E-state index in [2.05, 4.69) is 68.3 Å². The Bertz CT molecular complexity index is 1190. The Labute approximate surface area is 188 Å². The number of methoxy groups -OCH3 is 1. The van der Waals surface area contributed by atoms with E-state index < -0.39 is 5.97 Å². The molecule has 4 aromatic rings. The normalized spacial score (nSPS) is 10.6. The van der Waals surface area contributed by atoms with E-state index in [-0.39, 0.29) is 5.69 Å². The second-order valence-corrected chi connectivity index (χ2v) is 7.36. The van der Waals surface area contributed by atoms with Gasteiger partial charge in [-0.25, -0.2) is 14.8 Å². The number of halogens is 3. The summed E-state index contributed by atoms with van der Waals surface area (Å²) in [6, 6.07) is 3.33. The molecular formula is C16H15Cl2IN8O2. The minimum absolute atomic E-state index is 0.186. The van der Waals surface area contributed by atoms with E-state index >= 15 is 0 Å². The molecule has 0 amide bonds. The van der Waals surface area contributed by atoms with Crippen molar-refractivity contribution in [2.24, 2.45) is 0 Å². The number of H-pyrrole nitrogens is 2. The van der Waals surface area contributed by atoms with Gasteiger partial charge in [0.15, 0.2) is 5.69 Å². The molecule has 0 spiro atoms. The molecule has 0 radical (unpaired) electrons. The van der Waals surface area contributed by atoms with Gasteiger partial charge in [-0.3, -0.25) is 10.2 Å². The third kappa shape index (κ3) is 4.31. The molecule has 0 aliphatic carbocycles. The van der Waals surface area contributed by atoms with Crippen LogP contribution in [-0.4, -0.2) is 57.5 Å². The lowest BCUT2D eigenvalue weighted by molar-refractivity contribution is 0.0596. The monoisotopic (exact) mass is 548 g/mol. The molecule has 0 fully saturated rings. The number of carbonyl (C=O) groups is 1. The Hall–Kier alpha value is -2.38. The third-order valence-electron chi connectivity index (χ3n) is 3.83. The first-order valence-electron chi connectivity index (χ1n) is 8.08. The summed E-state index contributed by atoms with van der Waals surface area (Å²) in [6.07, 6.45) is 0. The molecule has 0 aliphatic rings.